The third-order valence-corrected chi connectivity index (χ3v) is 7.05. The second-order valence-electron chi connectivity index (χ2n) is 10.8. The van der Waals surface area contributed by atoms with Gasteiger partial charge in [-0.15, -0.1) is 0 Å². The number of halogens is 2. The van der Waals surface area contributed by atoms with E-state index in [4.69, 9.17) is 4.74 Å². The summed E-state index contributed by atoms with van der Waals surface area (Å²) in [4.78, 5) is 42.8. The summed E-state index contributed by atoms with van der Waals surface area (Å²) in [6.45, 7) is 4.97. The molecule has 0 saturated heterocycles. The zero-order chi connectivity index (χ0) is 28.5. The lowest BCUT2D eigenvalue weighted by atomic mass is 9.86. The Morgan fingerprint density at radius 1 is 1.00 bits per heavy atom. The van der Waals surface area contributed by atoms with Gasteiger partial charge >= 0.3 is 6.09 Å². The minimum absolute atomic E-state index is 0.0120. The Balaban J connectivity index is 1.69. The van der Waals surface area contributed by atoms with E-state index in [2.05, 4.69) is 10.2 Å². The van der Waals surface area contributed by atoms with Gasteiger partial charge in [-0.05, 0) is 56.7 Å². The Kier molecular flexibility index (Phi) is 5.74. The van der Waals surface area contributed by atoms with Crippen LogP contribution in [0, 0.1) is 11.6 Å². The van der Waals surface area contributed by atoms with Gasteiger partial charge in [0.2, 0.25) is 0 Å². The molecule has 0 aliphatic carbocycles. The van der Waals surface area contributed by atoms with E-state index in [1.807, 2.05) is 0 Å². The molecule has 0 spiro atoms. The number of ether oxygens (including phenoxy) is 1. The number of nitrogens with one attached hydrogen (secondary N) is 1. The number of anilines is 1. The maximum atomic E-state index is 15.0. The van der Waals surface area contributed by atoms with Crippen LogP contribution in [0.4, 0.5) is 19.3 Å². The molecule has 3 atom stereocenters. The molecule has 2 N–H and O–H groups in total. The third kappa shape index (κ3) is 3.92. The maximum absolute atomic E-state index is 15.0. The molecule has 2 aliphatic rings. The molecule has 3 aromatic carbocycles. The number of carbonyl (C=O) groups is 2. The van der Waals surface area contributed by atoms with Crippen LogP contribution >= 0.6 is 0 Å². The lowest BCUT2D eigenvalue weighted by molar-refractivity contribution is -0.0130. The first-order valence-electron chi connectivity index (χ1n) is 12.6. The number of hydrogen-bond donors (Lipinski definition) is 2. The summed E-state index contributed by atoms with van der Waals surface area (Å²) in [5.41, 5.74) is -0.621. The average molecular weight is 547 g/mol. The van der Waals surface area contributed by atoms with Crippen LogP contribution in [-0.4, -0.2) is 37.8 Å². The number of aromatic nitrogens is 2. The van der Waals surface area contributed by atoms with Crippen LogP contribution < -0.4 is 10.5 Å². The second-order valence-corrected chi connectivity index (χ2v) is 10.8. The van der Waals surface area contributed by atoms with Crippen molar-refractivity contribution in [3.05, 3.63) is 105 Å². The fraction of sp³-hybridized carbons (Fsp3) is 0.241. The van der Waals surface area contributed by atoms with Crippen LogP contribution in [0.5, 0.6) is 0 Å². The van der Waals surface area contributed by atoms with Gasteiger partial charge in [0.25, 0.3) is 11.5 Å². The monoisotopic (exact) mass is 546 g/mol. The summed E-state index contributed by atoms with van der Waals surface area (Å²) in [7, 11) is 0. The predicted molar refractivity (Wildman–Crippen MR) is 140 cm³/mol. The first kappa shape index (κ1) is 25.6. The van der Waals surface area contributed by atoms with Crippen molar-refractivity contribution >= 4 is 28.5 Å². The number of rotatable bonds is 2. The summed E-state index contributed by atoms with van der Waals surface area (Å²) in [5, 5.41) is 18.1. The van der Waals surface area contributed by atoms with Crippen LogP contribution in [0.2, 0.25) is 0 Å². The summed E-state index contributed by atoms with van der Waals surface area (Å²) in [5.74, 6) is -1.88. The summed E-state index contributed by atoms with van der Waals surface area (Å²) in [6, 6.07) is 11.5. The van der Waals surface area contributed by atoms with E-state index < -0.39 is 53.1 Å². The maximum Gasteiger partial charge on any atom is 0.415 e. The SMILES string of the molecule is CC(C)(C)OC(=O)N1c2cc(F)cc3c(=O)[nH]nc(c23)C(N2C(=O)c3ccccc3C2O)C1c1ccc(F)cc1. The Bertz CT molecular complexity index is 1750. The van der Waals surface area contributed by atoms with Crippen LogP contribution in [0.25, 0.3) is 10.8 Å². The fourth-order valence-corrected chi connectivity index (χ4v) is 5.51. The second kappa shape index (κ2) is 8.95. The molecule has 40 heavy (non-hydrogen) atoms. The Morgan fingerprint density at radius 3 is 2.38 bits per heavy atom. The first-order valence-corrected chi connectivity index (χ1v) is 12.6. The van der Waals surface area contributed by atoms with Gasteiger partial charge in [0.15, 0.2) is 6.23 Å². The highest BCUT2D eigenvalue weighted by atomic mass is 19.1. The highest BCUT2D eigenvalue weighted by Crippen LogP contribution is 2.53. The minimum Gasteiger partial charge on any atom is -0.443 e. The zero-order valence-corrected chi connectivity index (χ0v) is 21.7. The van der Waals surface area contributed by atoms with Gasteiger partial charge in [-0.3, -0.25) is 19.4 Å². The van der Waals surface area contributed by atoms with Crippen molar-refractivity contribution in [1.82, 2.24) is 15.1 Å². The number of H-pyrrole nitrogens is 1. The Hall–Kier alpha value is -4.64. The molecule has 0 saturated carbocycles. The topological polar surface area (TPSA) is 116 Å². The quantitative estimate of drug-likeness (QED) is 0.370. The predicted octanol–water partition coefficient (Wildman–Crippen LogP) is 4.89. The number of hydrogen-bond acceptors (Lipinski definition) is 6. The van der Waals surface area contributed by atoms with E-state index in [0.29, 0.717) is 11.1 Å². The average Bonchev–Trinajstić information content (AvgIpc) is 3.14. The summed E-state index contributed by atoms with van der Waals surface area (Å²) in [6.07, 6.45) is -2.34. The van der Waals surface area contributed by atoms with Gasteiger partial charge in [-0.2, -0.15) is 5.10 Å². The number of amides is 2. The van der Waals surface area contributed by atoms with Crippen LogP contribution in [0.3, 0.4) is 0 Å². The van der Waals surface area contributed by atoms with Gasteiger partial charge in [-0.25, -0.2) is 18.7 Å². The van der Waals surface area contributed by atoms with Gasteiger partial charge in [0, 0.05) is 16.5 Å². The standard InChI is InChI=1S/C29H24F2N4O5/c1-29(2,3)40-28(39)34-20-13-16(31)12-19-21(20)22(32-33-25(19)36)24(23(34)14-8-10-15(30)11-9-14)35-26(37)17-6-4-5-7-18(17)27(35)38/h4-13,23-24,26,37H,1-3H3,(H,33,36). The largest absolute Gasteiger partial charge is 0.443 e. The molecule has 9 nitrogen and oxygen atoms in total. The zero-order valence-electron chi connectivity index (χ0n) is 21.7. The molecule has 0 fully saturated rings. The van der Waals surface area contributed by atoms with Crippen molar-refractivity contribution in [3.8, 4) is 0 Å². The lowest BCUT2D eigenvalue weighted by Gasteiger charge is -2.45. The van der Waals surface area contributed by atoms with Crippen LogP contribution in [-0.2, 0) is 4.74 Å². The van der Waals surface area contributed by atoms with Crippen molar-refractivity contribution < 1.29 is 28.2 Å². The third-order valence-electron chi connectivity index (χ3n) is 7.05. The summed E-state index contributed by atoms with van der Waals surface area (Å²) < 4.78 is 34.7. The molecule has 4 aromatic rings. The van der Waals surface area contributed by atoms with E-state index in [1.54, 1.807) is 45.0 Å². The highest BCUT2D eigenvalue weighted by Gasteiger charge is 2.51. The van der Waals surface area contributed by atoms with E-state index >= 15 is 0 Å². The van der Waals surface area contributed by atoms with Crippen molar-refractivity contribution in [2.24, 2.45) is 0 Å². The van der Waals surface area contributed by atoms with Crippen LogP contribution in [0.1, 0.15) is 66.3 Å². The molecule has 11 heteroatoms. The molecule has 2 amide bonds. The van der Waals surface area contributed by atoms with E-state index in [-0.39, 0.29) is 27.7 Å². The van der Waals surface area contributed by atoms with Gasteiger partial charge in [0.05, 0.1) is 22.8 Å². The number of aliphatic hydroxyl groups excluding tert-OH is 1. The lowest BCUT2D eigenvalue weighted by Crippen LogP contribution is -2.49. The van der Waals surface area contributed by atoms with E-state index in [1.165, 1.54) is 29.2 Å². The normalized spacial score (nSPS) is 20.1. The number of carbonyl (C=O) groups excluding carboxylic acids is 2. The smallest absolute Gasteiger partial charge is 0.415 e. The molecular formula is C29H24F2N4O5. The van der Waals surface area contributed by atoms with Gasteiger partial charge in [-0.1, -0.05) is 30.3 Å². The molecule has 1 aromatic heterocycles. The molecule has 3 heterocycles. The Labute approximate surface area is 226 Å². The van der Waals surface area contributed by atoms with E-state index in [9.17, 15) is 28.3 Å². The molecule has 0 radical (unpaired) electrons. The number of fused-ring (bicyclic) bond motifs is 1. The molecule has 3 unspecified atom stereocenters. The fourth-order valence-electron chi connectivity index (χ4n) is 5.51. The van der Waals surface area contributed by atoms with Crippen molar-refractivity contribution in [3.63, 3.8) is 0 Å². The van der Waals surface area contributed by atoms with E-state index in [0.717, 1.165) is 17.0 Å². The number of aliphatic hydroxyl groups is 1. The van der Waals surface area contributed by atoms with Gasteiger partial charge < -0.3 is 9.84 Å². The number of aromatic amines is 1. The van der Waals surface area contributed by atoms with Crippen molar-refractivity contribution in [2.75, 3.05) is 4.90 Å². The molecule has 6 rings (SSSR count). The molecule has 204 valence electrons. The first-order chi connectivity index (χ1) is 19.0. The summed E-state index contributed by atoms with van der Waals surface area (Å²) >= 11 is 0. The molecule has 2 aliphatic heterocycles. The molecule has 0 bridgehead atoms. The van der Waals surface area contributed by atoms with Crippen molar-refractivity contribution in [2.45, 2.75) is 44.7 Å². The minimum atomic E-state index is -1.44. The highest BCUT2D eigenvalue weighted by molar-refractivity contribution is 6.06. The Morgan fingerprint density at radius 2 is 1.70 bits per heavy atom. The number of nitrogens with zero attached hydrogens (tertiary/aromatic N) is 3. The van der Waals surface area contributed by atoms with Crippen LogP contribution in [0.15, 0.2) is 65.5 Å². The van der Waals surface area contributed by atoms with Crippen molar-refractivity contribution in [1.29, 1.82) is 0 Å². The molecular weight excluding hydrogens is 522 g/mol. The van der Waals surface area contributed by atoms with Gasteiger partial charge in [0.1, 0.15) is 23.3 Å². The number of benzene rings is 3.